The molecule has 0 aliphatic heterocycles. The maximum absolute atomic E-state index is 11.0. The SMILES string of the molecule is CCC(Nc1nc(NN)ncc1[N+](=O)[O-])c1cccs1. The van der Waals surface area contributed by atoms with E-state index in [4.69, 9.17) is 5.84 Å². The zero-order chi connectivity index (χ0) is 14.5. The maximum Gasteiger partial charge on any atom is 0.329 e. The van der Waals surface area contributed by atoms with Crippen LogP contribution in [0.3, 0.4) is 0 Å². The van der Waals surface area contributed by atoms with Gasteiger partial charge in [0.15, 0.2) is 0 Å². The highest BCUT2D eigenvalue weighted by atomic mass is 32.1. The monoisotopic (exact) mass is 294 g/mol. The first-order chi connectivity index (χ1) is 9.65. The molecule has 0 amide bonds. The molecule has 0 aromatic carbocycles. The van der Waals surface area contributed by atoms with Crippen LogP contribution in [-0.2, 0) is 0 Å². The van der Waals surface area contributed by atoms with Crippen molar-refractivity contribution in [1.82, 2.24) is 9.97 Å². The van der Waals surface area contributed by atoms with E-state index in [-0.39, 0.29) is 23.5 Å². The molecule has 0 saturated heterocycles. The van der Waals surface area contributed by atoms with E-state index in [0.29, 0.717) is 0 Å². The van der Waals surface area contributed by atoms with Gasteiger partial charge in [0, 0.05) is 4.88 Å². The molecule has 0 saturated carbocycles. The Morgan fingerprint density at radius 3 is 2.95 bits per heavy atom. The van der Waals surface area contributed by atoms with Crippen molar-refractivity contribution in [2.45, 2.75) is 19.4 Å². The molecule has 106 valence electrons. The summed E-state index contributed by atoms with van der Waals surface area (Å²) < 4.78 is 0. The number of nitrogens with zero attached hydrogens (tertiary/aromatic N) is 3. The van der Waals surface area contributed by atoms with Gasteiger partial charge in [0.05, 0.1) is 11.0 Å². The van der Waals surface area contributed by atoms with Crippen molar-refractivity contribution in [2.24, 2.45) is 5.84 Å². The molecule has 2 aromatic heterocycles. The zero-order valence-electron chi connectivity index (χ0n) is 10.7. The van der Waals surface area contributed by atoms with Crippen molar-refractivity contribution >= 4 is 28.8 Å². The van der Waals surface area contributed by atoms with Crippen LogP contribution in [0.25, 0.3) is 0 Å². The summed E-state index contributed by atoms with van der Waals surface area (Å²) in [5.74, 6) is 5.51. The summed E-state index contributed by atoms with van der Waals surface area (Å²) in [5.41, 5.74) is 2.10. The summed E-state index contributed by atoms with van der Waals surface area (Å²) in [6.45, 7) is 1.99. The second-order valence-electron chi connectivity index (χ2n) is 3.95. The highest BCUT2D eigenvalue weighted by molar-refractivity contribution is 7.10. The molecule has 0 aliphatic rings. The van der Waals surface area contributed by atoms with Crippen molar-refractivity contribution in [3.8, 4) is 0 Å². The molecule has 1 atom stereocenters. The molecule has 2 heterocycles. The number of aromatic nitrogens is 2. The molecule has 0 aliphatic carbocycles. The summed E-state index contributed by atoms with van der Waals surface area (Å²) in [4.78, 5) is 19.3. The van der Waals surface area contributed by atoms with Gasteiger partial charge in [0.1, 0.15) is 6.20 Å². The van der Waals surface area contributed by atoms with Crippen molar-refractivity contribution in [2.75, 3.05) is 10.7 Å². The quantitative estimate of drug-likeness (QED) is 0.425. The fourth-order valence-electron chi connectivity index (χ4n) is 1.71. The maximum atomic E-state index is 11.0. The Labute approximate surface area is 119 Å². The Hall–Kier alpha value is -2.26. The Balaban J connectivity index is 2.33. The standard InChI is InChI=1S/C11H14N6O2S/c1-2-7(9-4-3-5-20-9)14-10-8(17(18)19)6-13-11(15-10)16-12/h3-7H,2,12H2,1H3,(H2,13,14,15,16). The molecule has 1 unspecified atom stereocenters. The molecule has 20 heavy (non-hydrogen) atoms. The third kappa shape index (κ3) is 3.00. The second-order valence-corrected chi connectivity index (χ2v) is 4.93. The number of nitrogens with one attached hydrogen (secondary N) is 2. The average Bonchev–Trinajstić information content (AvgIpc) is 2.98. The number of hydrazine groups is 1. The molecule has 0 fully saturated rings. The molecular weight excluding hydrogens is 280 g/mol. The fourth-order valence-corrected chi connectivity index (χ4v) is 2.58. The van der Waals surface area contributed by atoms with E-state index >= 15 is 0 Å². The first-order valence-electron chi connectivity index (χ1n) is 5.93. The van der Waals surface area contributed by atoms with Crippen molar-refractivity contribution in [3.05, 3.63) is 38.7 Å². The number of hydrogen-bond donors (Lipinski definition) is 3. The van der Waals surface area contributed by atoms with E-state index in [2.05, 4.69) is 20.7 Å². The number of anilines is 2. The lowest BCUT2D eigenvalue weighted by atomic mass is 10.2. The van der Waals surface area contributed by atoms with E-state index in [1.807, 2.05) is 24.4 Å². The van der Waals surface area contributed by atoms with Crippen LogP contribution in [0.2, 0.25) is 0 Å². The number of rotatable bonds is 6. The Morgan fingerprint density at radius 2 is 2.40 bits per heavy atom. The summed E-state index contributed by atoms with van der Waals surface area (Å²) >= 11 is 1.58. The number of thiophene rings is 1. The minimum atomic E-state index is -0.524. The normalized spacial score (nSPS) is 11.9. The van der Waals surface area contributed by atoms with Crippen LogP contribution in [0.15, 0.2) is 23.7 Å². The lowest BCUT2D eigenvalue weighted by Gasteiger charge is -2.16. The van der Waals surface area contributed by atoms with Gasteiger partial charge in [-0.2, -0.15) is 4.98 Å². The lowest BCUT2D eigenvalue weighted by molar-refractivity contribution is -0.384. The summed E-state index contributed by atoms with van der Waals surface area (Å²) in [7, 11) is 0. The molecule has 0 bridgehead atoms. The molecular formula is C11H14N6O2S. The van der Waals surface area contributed by atoms with Gasteiger partial charge in [0.25, 0.3) is 0 Å². The van der Waals surface area contributed by atoms with Crippen LogP contribution in [0, 0.1) is 10.1 Å². The number of nitrogen functional groups attached to an aromatic ring is 1. The van der Waals surface area contributed by atoms with Crippen molar-refractivity contribution < 1.29 is 4.92 Å². The van der Waals surface area contributed by atoms with Crippen LogP contribution < -0.4 is 16.6 Å². The van der Waals surface area contributed by atoms with Crippen LogP contribution in [0.1, 0.15) is 24.3 Å². The molecule has 2 rings (SSSR count). The van der Waals surface area contributed by atoms with E-state index in [9.17, 15) is 10.1 Å². The third-order valence-electron chi connectivity index (χ3n) is 2.70. The predicted octanol–water partition coefficient (Wildman–Crippen LogP) is 2.30. The zero-order valence-corrected chi connectivity index (χ0v) is 11.6. The molecule has 8 nitrogen and oxygen atoms in total. The molecule has 9 heteroatoms. The summed E-state index contributed by atoms with van der Waals surface area (Å²) in [5, 5.41) is 16.1. The third-order valence-corrected chi connectivity index (χ3v) is 3.69. The van der Waals surface area contributed by atoms with Gasteiger partial charge in [-0.25, -0.2) is 10.8 Å². The second kappa shape index (κ2) is 6.26. The predicted molar refractivity (Wildman–Crippen MR) is 77.5 cm³/mol. The molecule has 0 radical (unpaired) electrons. The van der Waals surface area contributed by atoms with E-state index in [1.165, 1.54) is 0 Å². The minimum absolute atomic E-state index is 0.0470. The first kappa shape index (κ1) is 14.2. The minimum Gasteiger partial charge on any atom is -0.357 e. The van der Waals surface area contributed by atoms with Gasteiger partial charge in [0.2, 0.25) is 11.8 Å². The van der Waals surface area contributed by atoms with Crippen molar-refractivity contribution in [3.63, 3.8) is 0 Å². The van der Waals surface area contributed by atoms with E-state index in [0.717, 1.165) is 17.5 Å². The smallest absolute Gasteiger partial charge is 0.329 e. The van der Waals surface area contributed by atoms with Gasteiger partial charge in [-0.3, -0.25) is 15.5 Å². The van der Waals surface area contributed by atoms with Crippen LogP contribution in [-0.4, -0.2) is 14.9 Å². The average molecular weight is 294 g/mol. The van der Waals surface area contributed by atoms with E-state index in [1.54, 1.807) is 11.3 Å². The molecule has 0 spiro atoms. The van der Waals surface area contributed by atoms with Gasteiger partial charge < -0.3 is 5.32 Å². The Kier molecular flexibility index (Phi) is 4.43. The van der Waals surface area contributed by atoms with Gasteiger partial charge >= 0.3 is 5.69 Å². The fraction of sp³-hybridized carbons (Fsp3) is 0.273. The van der Waals surface area contributed by atoms with Gasteiger partial charge in [-0.05, 0) is 17.9 Å². The summed E-state index contributed by atoms with van der Waals surface area (Å²) in [6, 6.07) is 3.86. The topological polar surface area (TPSA) is 119 Å². The highest BCUT2D eigenvalue weighted by Gasteiger charge is 2.20. The van der Waals surface area contributed by atoms with Crippen molar-refractivity contribution in [1.29, 1.82) is 0 Å². The van der Waals surface area contributed by atoms with Crippen LogP contribution in [0.4, 0.5) is 17.5 Å². The molecule has 4 N–H and O–H groups in total. The molecule has 2 aromatic rings. The Bertz CT molecular complexity index is 589. The number of hydrogen-bond acceptors (Lipinski definition) is 8. The van der Waals surface area contributed by atoms with Crippen LogP contribution >= 0.6 is 11.3 Å². The highest BCUT2D eigenvalue weighted by Crippen LogP contribution is 2.30. The summed E-state index contributed by atoms with van der Waals surface area (Å²) in [6.07, 6.45) is 1.90. The van der Waals surface area contributed by atoms with Gasteiger partial charge in [-0.15, -0.1) is 11.3 Å². The Morgan fingerprint density at radius 1 is 1.60 bits per heavy atom. The lowest BCUT2D eigenvalue weighted by Crippen LogP contribution is -2.15. The number of nitrogens with two attached hydrogens (primary N) is 1. The number of nitro groups is 1. The van der Waals surface area contributed by atoms with Crippen LogP contribution in [0.5, 0.6) is 0 Å². The largest absolute Gasteiger partial charge is 0.357 e. The van der Waals surface area contributed by atoms with Gasteiger partial charge in [-0.1, -0.05) is 13.0 Å². The first-order valence-corrected chi connectivity index (χ1v) is 6.81. The van der Waals surface area contributed by atoms with E-state index < -0.39 is 4.92 Å².